The van der Waals surface area contributed by atoms with Gasteiger partial charge in [0.05, 0.1) is 0 Å². The van der Waals surface area contributed by atoms with Gasteiger partial charge in [-0.1, -0.05) is 13.0 Å². The first-order chi connectivity index (χ1) is 5.16. The Labute approximate surface area is 66.0 Å². The zero-order valence-corrected chi connectivity index (χ0v) is 6.79. The number of carbonyl (C=O) groups excluding carboxylic acids is 2. The zero-order chi connectivity index (χ0) is 8.69. The van der Waals surface area contributed by atoms with Crippen LogP contribution in [0, 0.1) is 0 Å². The van der Waals surface area contributed by atoms with Gasteiger partial charge in [-0.2, -0.15) is 0 Å². The van der Waals surface area contributed by atoms with Gasteiger partial charge in [0, 0.05) is 6.08 Å². The van der Waals surface area contributed by atoms with Crippen molar-refractivity contribution in [3.63, 3.8) is 0 Å². The molecule has 0 aliphatic rings. The first-order valence-electron chi connectivity index (χ1n) is 3.49. The first kappa shape index (κ1) is 9.88. The largest absolute Gasteiger partial charge is 0.455 e. The summed E-state index contributed by atoms with van der Waals surface area (Å²) in [4.78, 5) is 21.0. The normalized spacial score (nSPS) is 10.0. The van der Waals surface area contributed by atoms with Gasteiger partial charge in [-0.15, -0.1) is 0 Å². The summed E-state index contributed by atoms with van der Waals surface area (Å²) in [6.07, 6.45) is 3.79. The van der Waals surface area contributed by atoms with Crippen LogP contribution >= 0.6 is 0 Å². The summed E-state index contributed by atoms with van der Waals surface area (Å²) < 4.78 is 4.53. The smallest absolute Gasteiger partial charge is 0.330 e. The Morgan fingerprint density at radius 3 is 2.55 bits per heavy atom. The molecule has 0 aromatic heterocycles. The second kappa shape index (κ2) is 5.65. The van der Waals surface area contributed by atoms with E-state index in [4.69, 9.17) is 0 Å². The molecule has 0 aliphatic carbocycles. The van der Waals surface area contributed by atoms with Gasteiger partial charge in [-0.05, 0) is 13.3 Å². The molecule has 0 fully saturated rings. The summed E-state index contributed by atoms with van der Waals surface area (Å²) in [6.45, 7) is 3.15. The fourth-order valence-electron chi connectivity index (χ4n) is 0.435. The minimum absolute atomic E-state index is 0.132. The van der Waals surface area contributed by atoms with Crippen molar-refractivity contribution in [1.29, 1.82) is 0 Å². The number of carbonyl (C=O) groups is 2. The number of esters is 1. The SMILES string of the molecule is CCC=CC(=O)OCC(C)=O. The fraction of sp³-hybridized carbons (Fsp3) is 0.500. The van der Waals surface area contributed by atoms with E-state index >= 15 is 0 Å². The van der Waals surface area contributed by atoms with Gasteiger partial charge in [0.15, 0.2) is 5.78 Å². The summed E-state index contributed by atoms with van der Waals surface area (Å²) in [7, 11) is 0. The van der Waals surface area contributed by atoms with Gasteiger partial charge < -0.3 is 4.74 Å². The van der Waals surface area contributed by atoms with Crippen LogP contribution in [-0.2, 0) is 14.3 Å². The number of Topliss-reactive ketones (excluding diaryl/α,β-unsaturated/α-hetero) is 1. The molecule has 0 amide bonds. The molecular formula is C8H12O3. The third-order valence-electron chi connectivity index (χ3n) is 0.907. The number of hydrogen-bond donors (Lipinski definition) is 0. The third-order valence-corrected chi connectivity index (χ3v) is 0.907. The van der Waals surface area contributed by atoms with Crippen LogP contribution in [0.5, 0.6) is 0 Å². The van der Waals surface area contributed by atoms with E-state index in [0.29, 0.717) is 0 Å². The number of hydrogen-bond acceptors (Lipinski definition) is 3. The van der Waals surface area contributed by atoms with Gasteiger partial charge in [0.1, 0.15) is 6.61 Å². The summed E-state index contributed by atoms with van der Waals surface area (Å²) in [5, 5.41) is 0. The van der Waals surface area contributed by atoms with E-state index in [2.05, 4.69) is 4.74 Å². The number of rotatable bonds is 4. The predicted molar refractivity (Wildman–Crippen MR) is 41.1 cm³/mol. The number of allylic oxidation sites excluding steroid dienone is 1. The highest BCUT2D eigenvalue weighted by atomic mass is 16.5. The molecule has 0 unspecified atom stereocenters. The maximum atomic E-state index is 10.6. The lowest BCUT2D eigenvalue weighted by molar-refractivity contribution is -0.142. The minimum Gasteiger partial charge on any atom is -0.455 e. The van der Waals surface area contributed by atoms with Crippen molar-refractivity contribution in [1.82, 2.24) is 0 Å². The zero-order valence-electron chi connectivity index (χ0n) is 6.79. The topological polar surface area (TPSA) is 43.4 Å². The van der Waals surface area contributed by atoms with Crippen molar-refractivity contribution < 1.29 is 14.3 Å². The standard InChI is InChI=1S/C8H12O3/c1-3-4-5-8(10)11-6-7(2)9/h4-5H,3,6H2,1-2H3. The van der Waals surface area contributed by atoms with Crippen LogP contribution in [0.4, 0.5) is 0 Å². The Bertz CT molecular complexity index is 170. The second-order valence-corrected chi connectivity index (χ2v) is 2.12. The molecule has 0 atom stereocenters. The maximum Gasteiger partial charge on any atom is 0.330 e. The second-order valence-electron chi connectivity index (χ2n) is 2.12. The fourth-order valence-corrected chi connectivity index (χ4v) is 0.435. The van der Waals surface area contributed by atoms with Crippen molar-refractivity contribution in [2.75, 3.05) is 6.61 Å². The summed E-state index contributed by atoms with van der Waals surface area (Å²) in [5.74, 6) is -0.606. The molecule has 62 valence electrons. The van der Waals surface area contributed by atoms with Crippen LogP contribution < -0.4 is 0 Å². The van der Waals surface area contributed by atoms with Crippen molar-refractivity contribution in [2.45, 2.75) is 20.3 Å². The molecule has 3 heteroatoms. The molecule has 0 bridgehead atoms. The molecular weight excluding hydrogens is 144 g/mol. The van der Waals surface area contributed by atoms with E-state index in [9.17, 15) is 9.59 Å². The number of ether oxygens (including phenoxy) is 1. The molecule has 0 N–H and O–H groups in total. The molecule has 3 nitrogen and oxygen atoms in total. The van der Waals surface area contributed by atoms with Gasteiger partial charge in [-0.3, -0.25) is 4.79 Å². The van der Waals surface area contributed by atoms with Crippen LogP contribution in [-0.4, -0.2) is 18.4 Å². The van der Waals surface area contributed by atoms with Gasteiger partial charge in [0.2, 0.25) is 0 Å². The van der Waals surface area contributed by atoms with Gasteiger partial charge in [-0.25, -0.2) is 4.79 Å². The molecule has 11 heavy (non-hydrogen) atoms. The summed E-state index contributed by atoms with van der Waals surface area (Å²) in [5.41, 5.74) is 0. The Balaban J connectivity index is 3.53. The Morgan fingerprint density at radius 1 is 1.45 bits per heavy atom. The Hall–Kier alpha value is -1.12. The van der Waals surface area contributed by atoms with Gasteiger partial charge >= 0.3 is 5.97 Å². The predicted octanol–water partition coefficient (Wildman–Crippen LogP) is 1.08. The minimum atomic E-state index is -0.456. The van der Waals surface area contributed by atoms with E-state index in [0.717, 1.165) is 6.42 Å². The van der Waals surface area contributed by atoms with Gasteiger partial charge in [0.25, 0.3) is 0 Å². The van der Waals surface area contributed by atoms with Crippen LogP contribution in [0.3, 0.4) is 0 Å². The van der Waals surface area contributed by atoms with Crippen molar-refractivity contribution >= 4 is 11.8 Å². The van der Waals surface area contributed by atoms with Crippen LogP contribution in [0.1, 0.15) is 20.3 Å². The monoisotopic (exact) mass is 156 g/mol. The molecule has 0 radical (unpaired) electrons. The first-order valence-corrected chi connectivity index (χ1v) is 3.49. The van der Waals surface area contributed by atoms with Crippen LogP contribution in [0.25, 0.3) is 0 Å². The quantitative estimate of drug-likeness (QED) is 0.452. The van der Waals surface area contributed by atoms with Crippen molar-refractivity contribution in [2.24, 2.45) is 0 Å². The van der Waals surface area contributed by atoms with E-state index in [1.807, 2.05) is 6.92 Å². The molecule has 0 aromatic rings. The molecule has 0 saturated carbocycles. The van der Waals surface area contributed by atoms with Crippen molar-refractivity contribution in [3.05, 3.63) is 12.2 Å². The lowest BCUT2D eigenvalue weighted by atomic mass is 10.4. The third kappa shape index (κ3) is 6.77. The van der Waals surface area contributed by atoms with Crippen LogP contribution in [0.2, 0.25) is 0 Å². The lowest BCUT2D eigenvalue weighted by Crippen LogP contribution is -2.08. The molecule has 0 heterocycles. The van der Waals surface area contributed by atoms with E-state index in [1.54, 1.807) is 6.08 Å². The molecule has 0 saturated heterocycles. The Kier molecular flexibility index (Phi) is 5.07. The number of ketones is 1. The highest BCUT2D eigenvalue weighted by molar-refractivity contribution is 5.85. The molecule has 0 spiro atoms. The average Bonchev–Trinajstić information content (AvgIpc) is 1.97. The summed E-state index contributed by atoms with van der Waals surface area (Å²) >= 11 is 0. The lowest BCUT2D eigenvalue weighted by Gasteiger charge is -1.95. The highest BCUT2D eigenvalue weighted by Crippen LogP contribution is 1.84. The van der Waals surface area contributed by atoms with E-state index < -0.39 is 5.97 Å². The molecule has 0 rings (SSSR count). The van der Waals surface area contributed by atoms with Crippen LogP contribution in [0.15, 0.2) is 12.2 Å². The maximum absolute atomic E-state index is 10.6. The highest BCUT2D eigenvalue weighted by Gasteiger charge is 1.97. The van der Waals surface area contributed by atoms with E-state index in [1.165, 1.54) is 13.0 Å². The molecule has 0 aromatic carbocycles. The molecule has 0 aliphatic heterocycles. The average molecular weight is 156 g/mol. The van der Waals surface area contributed by atoms with E-state index in [-0.39, 0.29) is 12.4 Å². The van der Waals surface area contributed by atoms with Crippen molar-refractivity contribution in [3.8, 4) is 0 Å². The summed E-state index contributed by atoms with van der Waals surface area (Å²) in [6, 6.07) is 0. The Morgan fingerprint density at radius 2 is 2.09 bits per heavy atom.